The molecule has 0 radical (unpaired) electrons. The minimum absolute atomic E-state index is 0.139. The van der Waals surface area contributed by atoms with Crippen molar-refractivity contribution in [1.29, 1.82) is 5.26 Å². The van der Waals surface area contributed by atoms with Crippen molar-refractivity contribution >= 4 is 35.0 Å². The van der Waals surface area contributed by atoms with Crippen LogP contribution in [-0.2, 0) is 11.2 Å². The van der Waals surface area contributed by atoms with Crippen molar-refractivity contribution in [1.82, 2.24) is 20.4 Å². The number of benzene rings is 3. The Bertz CT molecular complexity index is 1520. The van der Waals surface area contributed by atoms with Gasteiger partial charge in [0.2, 0.25) is 5.91 Å². The number of nitrogens with one attached hydrogen (secondary N) is 4. The standard InChI is InChI=1S/C38H49N7O4/c1-5-44(6-2)21-9-19-40-36(47)31-24-32(37(48)41-20-10-22-45(7-3)8-4)26-34(25-31)43-38(49)30-15-17-33(18-16-30)42-35(46)23-28-11-13-29(27-39)14-12-28/h11-18,24-26H,5-10,19-23H2,1-4H3,(H,40,47)(H,41,48)(H,42,46)(H,43,49). The molecule has 4 N–H and O–H groups in total. The van der Waals surface area contributed by atoms with Gasteiger partial charge < -0.3 is 31.1 Å². The molecule has 4 amide bonds. The van der Waals surface area contributed by atoms with Gasteiger partial charge in [0.25, 0.3) is 17.7 Å². The number of carbonyl (C=O) groups excluding carboxylic acids is 4. The van der Waals surface area contributed by atoms with Gasteiger partial charge >= 0.3 is 0 Å². The Kier molecular flexibility index (Phi) is 15.9. The topological polar surface area (TPSA) is 147 Å². The summed E-state index contributed by atoms with van der Waals surface area (Å²) in [5, 5.41) is 20.5. The fourth-order valence-corrected chi connectivity index (χ4v) is 5.25. The van der Waals surface area contributed by atoms with E-state index in [1.807, 2.05) is 0 Å². The van der Waals surface area contributed by atoms with E-state index >= 15 is 0 Å². The molecule has 0 aromatic heterocycles. The van der Waals surface area contributed by atoms with Gasteiger partial charge in [0.05, 0.1) is 18.1 Å². The van der Waals surface area contributed by atoms with Crippen LogP contribution in [-0.4, -0.2) is 85.8 Å². The molecule has 0 fully saturated rings. The molecule has 11 nitrogen and oxygen atoms in total. The fraction of sp³-hybridized carbons (Fsp3) is 0.395. The third-order valence-corrected chi connectivity index (χ3v) is 8.26. The monoisotopic (exact) mass is 667 g/mol. The Labute approximate surface area is 290 Å². The summed E-state index contributed by atoms with van der Waals surface area (Å²) in [6.07, 6.45) is 1.71. The van der Waals surface area contributed by atoms with E-state index in [0.717, 1.165) is 57.7 Å². The van der Waals surface area contributed by atoms with E-state index in [0.29, 0.717) is 35.6 Å². The second-order valence-electron chi connectivity index (χ2n) is 11.6. The maximum absolute atomic E-state index is 13.2. The van der Waals surface area contributed by atoms with Gasteiger partial charge in [-0.2, -0.15) is 5.26 Å². The maximum Gasteiger partial charge on any atom is 0.255 e. The minimum Gasteiger partial charge on any atom is -0.352 e. The number of rotatable bonds is 19. The first kappa shape index (κ1) is 38.4. The zero-order valence-corrected chi connectivity index (χ0v) is 29.1. The maximum atomic E-state index is 13.2. The average molecular weight is 668 g/mol. The molecule has 0 saturated carbocycles. The molecule has 0 spiro atoms. The zero-order chi connectivity index (χ0) is 35.6. The summed E-state index contributed by atoms with van der Waals surface area (Å²) in [5.74, 6) is -1.32. The molecule has 0 aliphatic heterocycles. The normalized spacial score (nSPS) is 10.8. The van der Waals surface area contributed by atoms with Crippen LogP contribution in [0.25, 0.3) is 0 Å². The number of nitriles is 1. The highest BCUT2D eigenvalue weighted by molar-refractivity contribution is 6.07. The van der Waals surface area contributed by atoms with Gasteiger partial charge in [-0.3, -0.25) is 19.2 Å². The van der Waals surface area contributed by atoms with E-state index in [9.17, 15) is 19.2 Å². The van der Waals surface area contributed by atoms with E-state index in [-0.39, 0.29) is 35.3 Å². The highest BCUT2D eigenvalue weighted by Gasteiger charge is 2.16. The Balaban J connectivity index is 1.68. The molecule has 3 aromatic carbocycles. The Morgan fingerprint density at radius 2 is 1.12 bits per heavy atom. The molecule has 3 aromatic rings. The first-order chi connectivity index (χ1) is 23.7. The number of hydrogen-bond donors (Lipinski definition) is 4. The summed E-state index contributed by atoms with van der Waals surface area (Å²) in [6, 6.07) is 20.0. The molecular weight excluding hydrogens is 618 g/mol. The summed E-state index contributed by atoms with van der Waals surface area (Å²) in [7, 11) is 0. The number of amides is 4. The molecule has 3 rings (SSSR count). The van der Waals surface area contributed by atoms with Gasteiger partial charge in [0.15, 0.2) is 0 Å². The van der Waals surface area contributed by atoms with E-state index < -0.39 is 5.91 Å². The molecule has 0 bridgehead atoms. The van der Waals surface area contributed by atoms with Gasteiger partial charge in [-0.25, -0.2) is 0 Å². The predicted octanol–water partition coefficient (Wildman–Crippen LogP) is 4.92. The highest BCUT2D eigenvalue weighted by Crippen LogP contribution is 2.18. The molecule has 0 aliphatic carbocycles. The molecule has 0 heterocycles. The number of carbonyl (C=O) groups is 4. The molecule has 49 heavy (non-hydrogen) atoms. The predicted molar refractivity (Wildman–Crippen MR) is 194 cm³/mol. The lowest BCUT2D eigenvalue weighted by molar-refractivity contribution is -0.115. The lowest BCUT2D eigenvalue weighted by Gasteiger charge is -2.18. The number of hydrogen-bond acceptors (Lipinski definition) is 7. The smallest absolute Gasteiger partial charge is 0.255 e. The number of anilines is 2. The first-order valence-electron chi connectivity index (χ1n) is 17.1. The molecule has 0 unspecified atom stereocenters. The van der Waals surface area contributed by atoms with Crippen LogP contribution in [0.5, 0.6) is 0 Å². The molecule has 0 saturated heterocycles. The Morgan fingerprint density at radius 1 is 0.612 bits per heavy atom. The average Bonchev–Trinajstić information content (AvgIpc) is 3.12. The Hall–Kier alpha value is -5.05. The Morgan fingerprint density at radius 3 is 1.59 bits per heavy atom. The van der Waals surface area contributed by atoms with E-state index in [1.165, 1.54) is 0 Å². The van der Waals surface area contributed by atoms with Crippen molar-refractivity contribution in [3.63, 3.8) is 0 Å². The van der Waals surface area contributed by atoms with Crippen LogP contribution in [0.2, 0.25) is 0 Å². The van der Waals surface area contributed by atoms with Gasteiger partial charge in [0.1, 0.15) is 0 Å². The fourth-order valence-electron chi connectivity index (χ4n) is 5.25. The van der Waals surface area contributed by atoms with Crippen LogP contribution in [0.15, 0.2) is 66.7 Å². The zero-order valence-electron chi connectivity index (χ0n) is 29.1. The minimum atomic E-state index is -0.433. The van der Waals surface area contributed by atoms with Crippen molar-refractivity contribution in [2.24, 2.45) is 0 Å². The molecular formula is C38H49N7O4. The van der Waals surface area contributed by atoms with Gasteiger partial charge in [0, 0.05) is 41.2 Å². The van der Waals surface area contributed by atoms with Gasteiger partial charge in [-0.15, -0.1) is 0 Å². The van der Waals surface area contributed by atoms with Crippen LogP contribution in [0.3, 0.4) is 0 Å². The van der Waals surface area contributed by atoms with Gasteiger partial charge in [-0.05, 0) is 112 Å². The van der Waals surface area contributed by atoms with E-state index in [2.05, 4.69) is 64.8 Å². The molecule has 260 valence electrons. The first-order valence-corrected chi connectivity index (χ1v) is 17.1. The van der Waals surface area contributed by atoms with Gasteiger partial charge in [-0.1, -0.05) is 39.8 Å². The van der Waals surface area contributed by atoms with E-state index in [1.54, 1.807) is 66.7 Å². The van der Waals surface area contributed by atoms with Crippen molar-refractivity contribution in [3.8, 4) is 6.07 Å². The largest absolute Gasteiger partial charge is 0.352 e. The van der Waals surface area contributed by atoms with Crippen molar-refractivity contribution < 1.29 is 19.2 Å². The summed E-state index contributed by atoms with van der Waals surface area (Å²) in [6.45, 7) is 14.9. The lowest BCUT2D eigenvalue weighted by atomic mass is 10.1. The van der Waals surface area contributed by atoms with Crippen LogP contribution < -0.4 is 21.3 Å². The summed E-state index contributed by atoms with van der Waals surface area (Å²) in [4.78, 5) is 56.6. The second kappa shape index (κ2) is 20.3. The SMILES string of the molecule is CCN(CC)CCCNC(=O)c1cc(NC(=O)c2ccc(NC(=O)Cc3ccc(C#N)cc3)cc2)cc(C(=O)NCCCN(CC)CC)c1. The van der Waals surface area contributed by atoms with Crippen molar-refractivity contribution in [3.05, 3.63) is 94.5 Å². The molecule has 11 heteroatoms. The lowest BCUT2D eigenvalue weighted by Crippen LogP contribution is -2.31. The summed E-state index contributed by atoms with van der Waals surface area (Å²) >= 11 is 0. The summed E-state index contributed by atoms with van der Waals surface area (Å²) < 4.78 is 0. The van der Waals surface area contributed by atoms with Crippen molar-refractivity contribution in [2.45, 2.75) is 47.0 Å². The highest BCUT2D eigenvalue weighted by atomic mass is 16.2. The van der Waals surface area contributed by atoms with Crippen LogP contribution in [0.1, 0.15) is 82.7 Å². The van der Waals surface area contributed by atoms with Crippen LogP contribution in [0.4, 0.5) is 11.4 Å². The number of nitrogens with zero attached hydrogens (tertiary/aromatic N) is 3. The van der Waals surface area contributed by atoms with Crippen molar-refractivity contribution in [2.75, 3.05) is 63.0 Å². The third-order valence-electron chi connectivity index (χ3n) is 8.26. The van der Waals surface area contributed by atoms with Crippen LogP contribution >= 0.6 is 0 Å². The van der Waals surface area contributed by atoms with Crippen LogP contribution in [0, 0.1) is 11.3 Å². The van der Waals surface area contributed by atoms with E-state index in [4.69, 9.17) is 5.26 Å². The third kappa shape index (κ3) is 12.8. The molecule has 0 atom stereocenters. The molecule has 0 aliphatic rings. The second-order valence-corrected chi connectivity index (χ2v) is 11.6. The quantitative estimate of drug-likeness (QED) is 0.133. The summed E-state index contributed by atoms with van der Waals surface area (Å²) in [5.41, 5.74) is 3.01.